The Balaban J connectivity index is 4.12. The van der Waals surface area contributed by atoms with Crippen LogP contribution in [0.15, 0.2) is 0 Å². The number of esters is 2. The first-order valence-electron chi connectivity index (χ1n) is 11.8. The zero-order valence-corrected chi connectivity index (χ0v) is 20.7. The maximum atomic E-state index is 12.0. The van der Waals surface area contributed by atoms with Crippen LogP contribution in [0.5, 0.6) is 0 Å². The summed E-state index contributed by atoms with van der Waals surface area (Å²) in [5.74, 6) is -0.379. The molecular weight excluding hydrogens is 384 g/mol. The zero-order chi connectivity index (χ0) is 22.0. The monoisotopic (exact) mass is 430 g/mol. The van der Waals surface area contributed by atoms with Gasteiger partial charge in [0.2, 0.25) is 0 Å². The zero-order valence-electron chi connectivity index (χ0n) is 19.7. The van der Waals surface area contributed by atoms with Gasteiger partial charge in [-0.2, -0.15) is 0 Å². The molecule has 0 aromatic carbocycles. The van der Waals surface area contributed by atoms with E-state index < -0.39 is 8.32 Å². The lowest BCUT2D eigenvalue weighted by atomic mass is 10.1. The SMILES string of the molecule is CCCCCCCCC(=O)OCC(COC(=O)CCCCCCC)O[Si](C)(C)C. The van der Waals surface area contributed by atoms with Crippen molar-refractivity contribution in [2.75, 3.05) is 13.2 Å². The van der Waals surface area contributed by atoms with E-state index in [9.17, 15) is 9.59 Å². The number of hydrogen-bond acceptors (Lipinski definition) is 5. The summed E-state index contributed by atoms with van der Waals surface area (Å²) in [5, 5.41) is 0. The first-order chi connectivity index (χ1) is 13.8. The number of unbranched alkanes of at least 4 members (excludes halogenated alkanes) is 9. The summed E-state index contributed by atoms with van der Waals surface area (Å²) in [4.78, 5) is 24.0. The van der Waals surface area contributed by atoms with Crippen LogP contribution < -0.4 is 0 Å². The molecule has 0 saturated carbocycles. The van der Waals surface area contributed by atoms with Crippen molar-refractivity contribution in [3.8, 4) is 0 Å². The molecule has 0 aromatic heterocycles. The molecule has 172 valence electrons. The molecule has 0 aromatic rings. The maximum absolute atomic E-state index is 12.0. The molecule has 1 unspecified atom stereocenters. The van der Waals surface area contributed by atoms with E-state index in [1.54, 1.807) is 0 Å². The van der Waals surface area contributed by atoms with Crippen molar-refractivity contribution in [2.24, 2.45) is 0 Å². The Bertz CT molecular complexity index is 420. The first-order valence-corrected chi connectivity index (χ1v) is 15.2. The summed E-state index contributed by atoms with van der Waals surface area (Å²) in [6.07, 6.45) is 12.9. The van der Waals surface area contributed by atoms with Crippen LogP contribution in [0.2, 0.25) is 19.6 Å². The van der Waals surface area contributed by atoms with E-state index >= 15 is 0 Å². The molecule has 0 radical (unpaired) electrons. The van der Waals surface area contributed by atoms with E-state index in [4.69, 9.17) is 13.9 Å². The van der Waals surface area contributed by atoms with Crippen molar-refractivity contribution in [1.29, 1.82) is 0 Å². The molecule has 0 amide bonds. The molecule has 0 N–H and O–H groups in total. The van der Waals surface area contributed by atoms with Gasteiger partial charge in [0.25, 0.3) is 0 Å². The summed E-state index contributed by atoms with van der Waals surface area (Å²) in [6, 6.07) is 0. The topological polar surface area (TPSA) is 61.8 Å². The highest BCUT2D eigenvalue weighted by atomic mass is 28.4. The van der Waals surface area contributed by atoms with Crippen molar-refractivity contribution < 1.29 is 23.5 Å². The fraction of sp³-hybridized carbons (Fsp3) is 0.913. The predicted molar refractivity (Wildman–Crippen MR) is 122 cm³/mol. The summed E-state index contributed by atoms with van der Waals surface area (Å²) in [7, 11) is -1.83. The second kappa shape index (κ2) is 17.9. The Labute approximate surface area is 180 Å². The van der Waals surface area contributed by atoms with Crippen molar-refractivity contribution >= 4 is 20.3 Å². The molecule has 6 heteroatoms. The average molecular weight is 431 g/mol. The van der Waals surface area contributed by atoms with Crippen LogP contribution in [-0.4, -0.2) is 39.6 Å². The van der Waals surface area contributed by atoms with Crippen LogP contribution in [0.25, 0.3) is 0 Å². The number of hydrogen-bond donors (Lipinski definition) is 0. The highest BCUT2D eigenvalue weighted by Gasteiger charge is 2.23. The quantitative estimate of drug-likeness (QED) is 0.135. The van der Waals surface area contributed by atoms with Gasteiger partial charge < -0.3 is 13.9 Å². The summed E-state index contributed by atoms with van der Waals surface area (Å²) < 4.78 is 16.8. The van der Waals surface area contributed by atoms with Gasteiger partial charge in [0, 0.05) is 12.8 Å². The van der Waals surface area contributed by atoms with Gasteiger partial charge in [-0.15, -0.1) is 0 Å². The van der Waals surface area contributed by atoms with E-state index in [1.807, 2.05) is 0 Å². The summed E-state index contributed by atoms with van der Waals surface area (Å²) in [6.45, 7) is 10.9. The Morgan fingerprint density at radius 1 is 0.655 bits per heavy atom. The second-order valence-corrected chi connectivity index (χ2v) is 13.4. The Morgan fingerprint density at radius 2 is 1.03 bits per heavy atom. The van der Waals surface area contributed by atoms with Gasteiger partial charge >= 0.3 is 11.9 Å². The summed E-state index contributed by atoms with van der Waals surface area (Å²) in [5.41, 5.74) is 0. The van der Waals surface area contributed by atoms with Gasteiger partial charge in [0.15, 0.2) is 8.32 Å². The van der Waals surface area contributed by atoms with Crippen molar-refractivity contribution in [1.82, 2.24) is 0 Å². The highest BCUT2D eigenvalue weighted by Crippen LogP contribution is 2.12. The molecule has 29 heavy (non-hydrogen) atoms. The standard InChI is InChI=1S/C23H46O5Si/c1-6-8-10-12-14-16-18-23(25)27-20-21(28-29(3,4)5)19-26-22(24)17-15-13-11-9-7-2/h21H,6-20H2,1-5H3. The van der Waals surface area contributed by atoms with Crippen molar-refractivity contribution in [3.63, 3.8) is 0 Å². The smallest absolute Gasteiger partial charge is 0.305 e. The second-order valence-electron chi connectivity index (χ2n) is 8.90. The molecule has 0 aliphatic carbocycles. The van der Waals surface area contributed by atoms with Crippen LogP contribution in [0, 0.1) is 0 Å². The summed E-state index contributed by atoms with van der Waals surface area (Å²) >= 11 is 0. The molecule has 0 spiro atoms. The van der Waals surface area contributed by atoms with Crippen molar-refractivity contribution in [3.05, 3.63) is 0 Å². The minimum absolute atomic E-state index is 0.155. The van der Waals surface area contributed by atoms with Gasteiger partial charge in [-0.25, -0.2) is 0 Å². The lowest BCUT2D eigenvalue weighted by Gasteiger charge is -2.26. The van der Waals surface area contributed by atoms with E-state index in [1.165, 1.54) is 44.9 Å². The Morgan fingerprint density at radius 3 is 1.41 bits per heavy atom. The lowest BCUT2D eigenvalue weighted by molar-refractivity contribution is -0.151. The van der Waals surface area contributed by atoms with E-state index in [-0.39, 0.29) is 31.3 Å². The number of ether oxygens (including phenoxy) is 2. The van der Waals surface area contributed by atoms with Crippen LogP contribution >= 0.6 is 0 Å². The third-order valence-electron chi connectivity index (χ3n) is 4.60. The Kier molecular flexibility index (Phi) is 17.4. The third kappa shape index (κ3) is 20.2. The van der Waals surface area contributed by atoms with Crippen molar-refractivity contribution in [2.45, 2.75) is 123 Å². The first kappa shape index (κ1) is 28.1. The largest absolute Gasteiger partial charge is 0.463 e. The van der Waals surface area contributed by atoms with Gasteiger partial charge in [-0.05, 0) is 32.5 Å². The minimum Gasteiger partial charge on any atom is -0.463 e. The predicted octanol–water partition coefficient (Wildman–Crippen LogP) is 6.40. The van der Waals surface area contributed by atoms with Gasteiger partial charge in [-0.3, -0.25) is 9.59 Å². The molecule has 1 atom stereocenters. The Hall–Kier alpha value is -0.883. The number of rotatable bonds is 19. The molecule has 0 rings (SSSR count). The van der Waals surface area contributed by atoms with E-state index in [0.29, 0.717) is 12.8 Å². The molecule has 0 aliphatic rings. The van der Waals surface area contributed by atoms with Crippen LogP contribution in [0.4, 0.5) is 0 Å². The van der Waals surface area contributed by atoms with E-state index in [2.05, 4.69) is 33.5 Å². The molecule has 0 heterocycles. The van der Waals surface area contributed by atoms with Gasteiger partial charge in [0.05, 0.1) is 0 Å². The fourth-order valence-electron chi connectivity index (χ4n) is 3.05. The molecule has 5 nitrogen and oxygen atoms in total. The van der Waals surface area contributed by atoms with Crippen LogP contribution in [0.3, 0.4) is 0 Å². The molecule has 0 fully saturated rings. The number of carbonyl (C=O) groups excluding carboxylic acids is 2. The highest BCUT2D eigenvalue weighted by molar-refractivity contribution is 6.69. The van der Waals surface area contributed by atoms with Crippen LogP contribution in [-0.2, 0) is 23.5 Å². The number of carbonyl (C=O) groups is 2. The average Bonchev–Trinajstić information content (AvgIpc) is 2.65. The minimum atomic E-state index is -1.83. The third-order valence-corrected chi connectivity index (χ3v) is 5.64. The van der Waals surface area contributed by atoms with E-state index in [0.717, 1.165) is 25.7 Å². The van der Waals surface area contributed by atoms with Gasteiger partial charge in [0.1, 0.15) is 19.3 Å². The fourth-order valence-corrected chi connectivity index (χ4v) is 4.19. The molecule has 0 aliphatic heterocycles. The molecule has 0 saturated heterocycles. The lowest BCUT2D eigenvalue weighted by Crippen LogP contribution is -2.38. The van der Waals surface area contributed by atoms with Gasteiger partial charge in [-0.1, -0.05) is 71.6 Å². The normalized spacial score (nSPS) is 12.6. The van der Waals surface area contributed by atoms with Crippen LogP contribution in [0.1, 0.15) is 97.3 Å². The maximum Gasteiger partial charge on any atom is 0.305 e. The molecule has 0 bridgehead atoms. The molecular formula is C23H46O5Si.